The minimum absolute atomic E-state index is 0.102. The van der Waals surface area contributed by atoms with E-state index >= 15 is 0 Å². The fourth-order valence-electron chi connectivity index (χ4n) is 3.51. The van der Waals surface area contributed by atoms with Crippen molar-refractivity contribution in [2.75, 3.05) is 13.1 Å². The van der Waals surface area contributed by atoms with Crippen molar-refractivity contribution in [3.8, 4) is 11.4 Å². The molecule has 0 aliphatic carbocycles. The van der Waals surface area contributed by atoms with E-state index in [1.54, 1.807) is 0 Å². The van der Waals surface area contributed by atoms with E-state index in [1.165, 1.54) is 5.56 Å². The van der Waals surface area contributed by atoms with Gasteiger partial charge in [0.05, 0.1) is 12.3 Å². The molecule has 1 amide bonds. The molecule has 1 aliphatic rings. The van der Waals surface area contributed by atoms with Crippen LogP contribution in [0.5, 0.6) is 0 Å². The second-order valence-electron chi connectivity index (χ2n) is 7.16. The molecule has 3 aromatic rings. The van der Waals surface area contributed by atoms with Gasteiger partial charge in [0, 0.05) is 18.7 Å². The van der Waals surface area contributed by atoms with Gasteiger partial charge in [-0.2, -0.15) is 4.98 Å². The Labute approximate surface area is 159 Å². The van der Waals surface area contributed by atoms with E-state index < -0.39 is 0 Å². The van der Waals surface area contributed by atoms with E-state index in [-0.39, 0.29) is 11.8 Å². The van der Waals surface area contributed by atoms with E-state index in [2.05, 4.69) is 17.1 Å². The van der Waals surface area contributed by atoms with Crippen molar-refractivity contribution in [3.63, 3.8) is 0 Å². The molecule has 27 heavy (non-hydrogen) atoms. The van der Waals surface area contributed by atoms with Crippen LogP contribution in [0.1, 0.15) is 35.8 Å². The Kier molecular flexibility index (Phi) is 5.01. The summed E-state index contributed by atoms with van der Waals surface area (Å²) in [6, 6.07) is 18.0. The van der Waals surface area contributed by atoms with Crippen LogP contribution in [0.2, 0.25) is 0 Å². The van der Waals surface area contributed by atoms with Gasteiger partial charge in [-0.15, -0.1) is 0 Å². The number of aryl methyl sites for hydroxylation is 1. The van der Waals surface area contributed by atoms with Crippen LogP contribution in [0.3, 0.4) is 0 Å². The number of nitrogens with zero attached hydrogens (tertiary/aromatic N) is 3. The molecule has 0 N–H and O–H groups in total. The van der Waals surface area contributed by atoms with Gasteiger partial charge in [0.15, 0.2) is 0 Å². The summed E-state index contributed by atoms with van der Waals surface area (Å²) in [5.74, 6) is 1.50. The summed E-state index contributed by atoms with van der Waals surface area (Å²) >= 11 is 0. The summed E-state index contributed by atoms with van der Waals surface area (Å²) in [7, 11) is 0. The van der Waals surface area contributed by atoms with Crippen molar-refractivity contribution in [2.24, 2.45) is 0 Å². The van der Waals surface area contributed by atoms with Crippen LogP contribution in [-0.4, -0.2) is 34.0 Å². The minimum Gasteiger partial charge on any atom is -0.342 e. The topological polar surface area (TPSA) is 59.2 Å². The van der Waals surface area contributed by atoms with E-state index in [4.69, 9.17) is 4.52 Å². The van der Waals surface area contributed by atoms with E-state index in [0.29, 0.717) is 24.7 Å². The van der Waals surface area contributed by atoms with Crippen molar-refractivity contribution in [3.05, 3.63) is 71.6 Å². The first-order valence-corrected chi connectivity index (χ1v) is 9.41. The highest BCUT2D eigenvalue weighted by atomic mass is 16.5. The van der Waals surface area contributed by atoms with Gasteiger partial charge in [0.2, 0.25) is 17.6 Å². The Morgan fingerprint density at radius 3 is 2.70 bits per heavy atom. The van der Waals surface area contributed by atoms with Crippen LogP contribution in [-0.2, 0) is 11.2 Å². The summed E-state index contributed by atoms with van der Waals surface area (Å²) < 4.78 is 5.54. The molecule has 0 saturated carbocycles. The number of piperidine rings is 1. The van der Waals surface area contributed by atoms with Crippen molar-refractivity contribution in [1.29, 1.82) is 0 Å². The molecule has 5 heteroatoms. The number of hydrogen-bond donors (Lipinski definition) is 0. The van der Waals surface area contributed by atoms with Gasteiger partial charge in [-0.25, -0.2) is 0 Å². The molecule has 5 nitrogen and oxygen atoms in total. The number of aromatic nitrogens is 2. The fraction of sp³-hybridized carbons (Fsp3) is 0.318. The first-order chi connectivity index (χ1) is 13.2. The average Bonchev–Trinajstić information content (AvgIpc) is 3.20. The van der Waals surface area contributed by atoms with Crippen LogP contribution in [0.25, 0.3) is 11.4 Å². The first-order valence-electron chi connectivity index (χ1n) is 9.41. The lowest BCUT2D eigenvalue weighted by Gasteiger charge is -2.31. The normalized spacial score (nSPS) is 17.1. The number of hydrogen-bond acceptors (Lipinski definition) is 4. The molecule has 4 rings (SSSR count). The summed E-state index contributed by atoms with van der Waals surface area (Å²) in [4.78, 5) is 19.2. The highest BCUT2D eigenvalue weighted by Gasteiger charge is 2.28. The zero-order chi connectivity index (χ0) is 18.6. The Balaban J connectivity index is 1.44. The molecular formula is C22H23N3O2. The largest absolute Gasteiger partial charge is 0.342 e. The molecule has 1 fully saturated rings. The maximum Gasteiger partial charge on any atom is 0.231 e. The van der Waals surface area contributed by atoms with Gasteiger partial charge in [-0.05, 0) is 25.3 Å². The standard InChI is InChI=1S/C22H23N3O2/c1-16-9-11-18(12-10-16)21-23-22(27-24-21)19-8-5-13-25(15-19)20(26)14-17-6-3-2-4-7-17/h2-4,6-7,9-12,19H,5,8,13-15H2,1H3/t19-/m0/s1. The zero-order valence-electron chi connectivity index (χ0n) is 15.5. The van der Waals surface area contributed by atoms with Crippen LogP contribution in [0.15, 0.2) is 59.1 Å². The summed E-state index contributed by atoms with van der Waals surface area (Å²) in [6.07, 6.45) is 2.35. The van der Waals surface area contributed by atoms with Gasteiger partial charge >= 0.3 is 0 Å². The maximum absolute atomic E-state index is 12.7. The number of carbonyl (C=O) groups is 1. The number of carbonyl (C=O) groups excluding carboxylic acids is 1. The predicted octanol–water partition coefficient (Wildman–Crippen LogP) is 3.99. The second-order valence-corrected chi connectivity index (χ2v) is 7.16. The first kappa shape index (κ1) is 17.5. The minimum atomic E-state index is 0.102. The molecule has 0 unspecified atom stereocenters. The van der Waals surface area contributed by atoms with Crippen molar-refractivity contribution < 1.29 is 9.32 Å². The quantitative estimate of drug-likeness (QED) is 0.705. The van der Waals surface area contributed by atoms with E-state index in [1.807, 2.05) is 59.5 Å². The lowest BCUT2D eigenvalue weighted by molar-refractivity contribution is -0.131. The van der Waals surface area contributed by atoms with Crippen molar-refractivity contribution in [2.45, 2.75) is 32.1 Å². The zero-order valence-corrected chi connectivity index (χ0v) is 15.5. The lowest BCUT2D eigenvalue weighted by Crippen LogP contribution is -2.40. The van der Waals surface area contributed by atoms with Crippen LogP contribution >= 0.6 is 0 Å². The van der Waals surface area contributed by atoms with Crippen LogP contribution in [0.4, 0.5) is 0 Å². The van der Waals surface area contributed by atoms with Gasteiger partial charge in [-0.3, -0.25) is 4.79 Å². The van der Waals surface area contributed by atoms with Crippen LogP contribution < -0.4 is 0 Å². The summed E-state index contributed by atoms with van der Waals surface area (Å²) in [5, 5.41) is 4.14. The average molecular weight is 361 g/mol. The molecule has 0 radical (unpaired) electrons. The summed E-state index contributed by atoms with van der Waals surface area (Å²) in [5.41, 5.74) is 3.19. The van der Waals surface area contributed by atoms with E-state index in [9.17, 15) is 4.79 Å². The van der Waals surface area contributed by atoms with Crippen molar-refractivity contribution in [1.82, 2.24) is 15.0 Å². The van der Waals surface area contributed by atoms with Gasteiger partial charge in [0.25, 0.3) is 0 Å². The Morgan fingerprint density at radius 1 is 1.15 bits per heavy atom. The third kappa shape index (κ3) is 4.08. The third-order valence-electron chi connectivity index (χ3n) is 5.07. The molecule has 1 aromatic heterocycles. The van der Waals surface area contributed by atoms with Gasteiger partial charge in [-0.1, -0.05) is 65.3 Å². The molecule has 0 bridgehead atoms. The van der Waals surface area contributed by atoms with Crippen LogP contribution in [0, 0.1) is 6.92 Å². The molecule has 138 valence electrons. The van der Waals surface area contributed by atoms with Crippen molar-refractivity contribution >= 4 is 5.91 Å². The number of amides is 1. The maximum atomic E-state index is 12.7. The molecule has 0 spiro atoms. The number of benzene rings is 2. The van der Waals surface area contributed by atoms with Gasteiger partial charge in [0.1, 0.15) is 0 Å². The lowest BCUT2D eigenvalue weighted by atomic mass is 9.97. The highest BCUT2D eigenvalue weighted by molar-refractivity contribution is 5.79. The molecule has 2 aromatic carbocycles. The molecule has 1 atom stereocenters. The Hall–Kier alpha value is -2.95. The number of likely N-dealkylation sites (tertiary alicyclic amines) is 1. The highest BCUT2D eigenvalue weighted by Crippen LogP contribution is 2.28. The summed E-state index contributed by atoms with van der Waals surface area (Å²) in [6.45, 7) is 3.48. The monoisotopic (exact) mass is 361 g/mol. The smallest absolute Gasteiger partial charge is 0.231 e. The SMILES string of the molecule is Cc1ccc(-c2noc([C@H]3CCCN(C(=O)Cc4ccccc4)C3)n2)cc1. The second kappa shape index (κ2) is 7.74. The predicted molar refractivity (Wildman–Crippen MR) is 103 cm³/mol. The van der Waals surface area contributed by atoms with Gasteiger partial charge < -0.3 is 9.42 Å². The molecular weight excluding hydrogens is 338 g/mol. The Bertz CT molecular complexity index is 903. The van der Waals surface area contributed by atoms with E-state index in [0.717, 1.165) is 30.5 Å². The molecule has 1 saturated heterocycles. The Morgan fingerprint density at radius 2 is 1.93 bits per heavy atom. The third-order valence-corrected chi connectivity index (χ3v) is 5.07. The number of rotatable bonds is 4. The molecule has 1 aliphatic heterocycles. The fourth-order valence-corrected chi connectivity index (χ4v) is 3.51. The molecule has 2 heterocycles.